The van der Waals surface area contributed by atoms with E-state index < -0.39 is 5.97 Å². The number of aromatic nitrogens is 4. The second kappa shape index (κ2) is 8.35. The van der Waals surface area contributed by atoms with Crippen LogP contribution in [0.25, 0.3) is 34.2 Å². The summed E-state index contributed by atoms with van der Waals surface area (Å²) in [6, 6.07) is 19.4. The molecule has 0 fully saturated rings. The minimum Gasteiger partial charge on any atom is -0.454 e. The Bertz CT molecular complexity index is 1380. The number of esters is 1. The second-order valence-corrected chi connectivity index (χ2v) is 7.04. The number of aryl methyl sites for hydroxylation is 1. The molecule has 5 aromatic rings. The Kier molecular flexibility index (Phi) is 5.09. The number of hydrogen-bond donors (Lipinski definition) is 0. The first kappa shape index (κ1) is 19.5. The number of hydrogen-bond acceptors (Lipinski definition) is 7. The molecule has 32 heavy (non-hydrogen) atoms. The van der Waals surface area contributed by atoms with Crippen LogP contribution in [0.1, 0.15) is 17.3 Å². The minimum absolute atomic E-state index is 0.0935. The normalized spacial score (nSPS) is 11.4. The highest BCUT2D eigenvalue weighted by molar-refractivity contribution is 5.89. The average Bonchev–Trinajstić information content (AvgIpc) is 3.54. The first-order chi connectivity index (χ1) is 15.7. The third-order valence-corrected chi connectivity index (χ3v) is 4.73. The maximum absolute atomic E-state index is 12.2. The van der Waals surface area contributed by atoms with E-state index in [2.05, 4.69) is 10.1 Å². The topological polar surface area (TPSA) is 96.2 Å². The zero-order chi connectivity index (χ0) is 21.9. The van der Waals surface area contributed by atoms with E-state index in [-0.39, 0.29) is 12.5 Å². The summed E-state index contributed by atoms with van der Waals surface area (Å²) in [4.78, 5) is 16.2. The van der Waals surface area contributed by atoms with Crippen molar-refractivity contribution in [3.63, 3.8) is 0 Å². The molecule has 0 aliphatic rings. The molecular formula is C24H18N4O4. The van der Waals surface area contributed by atoms with E-state index >= 15 is 0 Å². The van der Waals surface area contributed by atoms with Crippen LogP contribution in [-0.4, -0.2) is 25.9 Å². The molecule has 8 heteroatoms. The fraction of sp³-hybridized carbons (Fsp3) is 0.0833. The van der Waals surface area contributed by atoms with Gasteiger partial charge in [-0.15, -0.1) is 0 Å². The Balaban J connectivity index is 1.45. The first-order valence-electron chi connectivity index (χ1n) is 9.94. The van der Waals surface area contributed by atoms with Crippen LogP contribution in [-0.2, 0) is 16.1 Å². The van der Waals surface area contributed by atoms with Gasteiger partial charge in [-0.1, -0.05) is 41.6 Å². The molecule has 8 nitrogen and oxygen atoms in total. The van der Waals surface area contributed by atoms with Gasteiger partial charge in [0.05, 0.1) is 5.69 Å². The van der Waals surface area contributed by atoms with E-state index in [1.54, 1.807) is 17.7 Å². The molecule has 3 aromatic heterocycles. The summed E-state index contributed by atoms with van der Waals surface area (Å²) in [7, 11) is 0. The molecule has 0 aliphatic carbocycles. The zero-order valence-corrected chi connectivity index (χ0v) is 17.1. The standard InChI is InChI=1S/C24H18N4O4/c1-16-25-22(32-27-16)15-30-23(29)12-11-18-14-28(19-8-3-2-4-9-19)26-24(18)21-13-17-7-5-6-10-20(17)31-21/h2-14H,15H2,1H3/b12-11-. The molecule has 0 amide bonds. The minimum atomic E-state index is -0.538. The number of carbonyl (C=O) groups is 1. The summed E-state index contributed by atoms with van der Waals surface area (Å²) in [6.07, 6.45) is 4.82. The molecule has 0 spiro atoms. The molecule has 2 aromatic carbocycles. The molecule has 5 rings (SSSR count). The maximum atomic E-state index is 12.2. The van der Waals surface area contributed by atoms with Crippen molar-refractivity contribution in [1.29, 1.82) is 0 Å². The maximum Gasteiger partial charge on any atom is 0.331 e. The predicted molar refractivity (Wildman–Crippen MR) is 117 cm³/mol. The number of carbonyl (C=O) groups excluding carboxylic acids is 1. The molecule has 0 radical (unpaired) electrons. The highest BCUT2D eigenvalue weighted by atomic mass is 16.6. The Morgan fingerprint density at radius 2 is 1.94 bits per heavy atom. The number of fused-ring (bicyclic) bond motifs is 1. The number of nitrogens with zero attached hydrogens (tertiary/aromatic N) is 4. The first-order valence-corrected chi connectivity index (χ1v) is 9.94. The SMILES string of the molecule is Cc1noc(COC(=O)/C=C\c2cn(-c3ccccc3)nc2-c2cc3ccccc3o2)n1. The summed E-state index contributed by atoms with van der Waals surface area (Å²) in [6.45, 7) is 1.60. The highest BCUT2D eigenvalue weighted by Gasteiger charge is 2.15. The number of rotatable bonds is 6. The van der Waals surface area contributed by atoms with E-state index in [0.29, 0.717) is 22.8 Å². The van der Waals surface area contributed by atoms with Crippen molar-refractivity contribution in [2.45, 2.75) is 13.5 Å². The second-order valence-electron chi connectivity index (χ2n) is 7.04. The Morgan fingerprint density at radius 1 is 1.12 bits per heavy atom. The molecule has 0 bridgehead atoms. The lowest BCUT2D eigenvalue weighted by Gasteiger charge is -1.98. The van der Waals surface area contributed by atoms with Crippen LogP contribution in [0.15, 0.2) is 81.9 Å². The van der Waals surface area contributed by atoms with Crippen molar-refractivity contribution in [2.75, 3.05) is 0 Å². The highest BCUT2D eigenvalue weighted by Crippen LogP contribution is 2.30. The van der Waals surface area contributed by atoms with Gasteiger partial charge in [-0.25, -0.2) is 9.48 Å². The van der Waals surface area contributed by atoms with Crippen molar-refractivity contribution in [3.05, 3.63) is 90.2 Å². The molecule has 0 aliphatic heterocycles. The van der Waals surface area contributed by atoms with Crippen LogP contribution in [0, 0.1) is 6.92 Å². The summed E-state index contributed by atoms with van der Waals surface area (Å²) >= 11 is 0. The van der Waals surface area contributed by atoms with Gasteiger partial charge in [0.2, 0.25) is 0 Å². The number of benzene rings is 2. The summed E-state index contributed by atoms with van der Waals surface area (Å²) in [5.41, 5.74) is 2.97. The lowest BCUT2D eigenvalue weighted by Crippen LogP contribution is -2.01. The van der Waals surface area contributed by atoms with Crippen molar-refractivity contribution in [1.82, 2.24) is 19.9 Å². The Morgan fingerprint density at radius 3 is 2.72 bits per heavy atom. The number of ether oxygens (including phenoxy) is 1. The lowest BCUT2D eigenvalue weighted by atomic mass is 10.2. The monoisotopic (exact) mass is 426 g/mol. The number of para-hydroxylation sites is 2. The van der Waals surface area contributed by atoms with E-state index in [1.165, 1.54) is 6.08 Å². The Hall–Kier alpha value is -4.46. The third-order valence-electron chi connectivity index (χ3n) is 4.73. The van der Waals surface area contributed by atoms with Crippen molar-refractivity contribution in [3.8, 4) is 17.1 Å². The van der Waals surface area contributed by atoms with Gasteiger partial charge in [0.15, 0.2) is 18.2 Å². The fourth-order valence-corrected chi connectivity index (χ4v) is 3.25. The van der Waals surface area contributed by atoms with Gasteiger partial charge >= 0.3 is 5.97 Å². The molecule has 0 unspecified atom stereocenters. The molecular weight excluding hydrogens is 408 g/mol. The van der Waals surface area contributed by atoms with Gasteiger partial charge in [0.25, 0.3) is 5.89 Å². The van der Waals surface area contributed by atoms with E-state index in [4.69, 9.17) is 18.8 Å². The van der Waals surface area contributed by atoms with Gasteiger partial charge < -0.3 is 13.7 Å². The van der Waals surface area contributed by atoms with Gasteiger partial charge in [0, 0.05) is 23.2 Å². The predicted octanol–water partition coefficient (Wildman–Crippen LogP) is 4.73. The molecule has 158 valence electrons. The van der Waals surface area contributed by atoms with Gasteiger partial charge in [0.1, 0.15) is 11.3 Å². The molecule has 3 heterocycles. The summed E-state index contributed by atoms with van der Waals surface area (Å²) < 4.78 is 17.9. The molecule has 0 saturated heterocycles. The summed E-state index contributed by atoms with van der Waals surface area (Å²) in [5, 5.41) is 9.35. The number of furan rings is 1. The van der Waals surface area contributed by atoms with Crippen LogP contribution < -0.4 is 0 Å². The average molecular weight is 426 g/mol. The molecule has 0 atom stereocenters. The largest absolute Gasteiger partial charge is 0.454 e. The molecule has 0 N–H and O–H groups in total. The Labute approximate surface area is 182 Å². The van der Waals surface area contributed by atoms with E-state index in [1.807, 2.05) is 66.9 Å². The third kappa shape index (κ3) is 4.06. The lowest BCUT2D eigenvalue weighted by molar-refractivity contribution is -0.139. The van der Waals surface area contributed by atoms with Gasteiger partial charge in [-0.2, -0.15) is 10.1 Å². The molecule has 0 saturated carbocycles. The van der Waals surface area contributed by atoms with Crippen LogP contribution >= 0.6 is 0 Å². The quantitative estimate of drug-likeness (QED) is 0.286. The van der Waals surface area contributed by atoms with Crippen LogP contribution in [0.2, 0.25) is 0 Å². The van der Waals surface area contributed by atoms with E-state index in [9.17, 15) is 4.79 Å². The van der Waals surface area contributed by atoms with Crippen molar-refractivity contribution >= 4 is 23.0 Å². The van der Waals surface area contributed by atoms with E-state index in [0.717, 1.165) is 16.7 Å². The fourth-order valence-electron chi connectivity index (χ4n) is 3.25. The smallest absolute Gasteiger partial charge is 0.331 e. The zero-order valence-electron chi connectivity index (χ0n) is 17.1. The van der Waals surface area contributed by atoms with Crippen molar-refractivity contribution < 1.29 is 18.5 Å². The summed E-state index contributed by atoms with van der Waals surface area (Å²) in [5.74, 6) is 0.790. The van der Waals surface area contributed by atoms with Gasteiger partial charge in [-0.3, -0.25) is 0 Å². The van der Waals surface area contributed by atoms with Crippen LogP contribution in [0.3, 0.4) is 0 Å². The van der Waals surface area contributed by atoms with Crippen molar-refractivity contribution in [2.24, 2.45) is 0 Å². The van der Waals surface area contributed by atoms with Crippen LogP contribution in [0.5, 0.6) is 0 Å². The van der Waals surface area contributed by atoms with Gasteiger partial charge in [-0.05, 0) is 37.3 Å². The van der Waals surface area contributed by atoms with Crippen LogP contribution in [0.4, 0.5) is 0 Å².